The quantitative estimate of drug-likeness (QED) is 0.0705. The van der Waals surface area contributed by atoms with Crippen LogP contribution in [0, 0.1) is 41.5 Å². The molecule has 0 aliphatic carbocycles. The van der Waals surface area contributed by atoms with Crippen LogP contribution in [0.5, 0.6) is 0 Å². The van der Waals surface area contributed by atoms with E-state index in [4.69, 9.17) is 0 Å². The lowest BCUT2D eigenvalue weighted by atomic mass is 9.91. The molecule has 0 atom stereocenters. The highest BCUT2D eigenvalue weighted by Crippen LogP contribution is 2.54. The first-order chi connectivity index (χ1) is 67.8. The molecular weight excluding hydrogens is 1670 g/mol. The Morgan fingerprint density at radius 1 is 0.116 bits per heavy atom. The van der Waals surface area contributed by atoms with Gasteiger partial charge in [-0.2, -0.15) is 0 Å². The van der Waals surface area contributed by atoms with E-state index in [9.17, 15) is 0 Å². The van der Waals surface area contributed by atoms with E-state index in [1.165, 1.54) is 187 Å². The third kappa shape index (κ3) is 16.6. The van der Waals surface area contributed by atoms with Crippen molar-refractivity contribution in [3.63, 3.8) is 0 Å². The van der Waals surface area contributed by atoms with Crippen LogP contribution in [-0.4, -0.2) is 0 Å². The Labute approximate surface area is 808 Å². The van der Waals surface area contributed by atoms with Gasteiger partial charge in [-0.15, -0.1) is 0 Å². The van der Waals surface area contributed by atoms with Crippen LogP contribution in [0.4, 0.5) is 68.2 Å². The van der Waals surface area contributed by atoms with Crippen molar-refractivity contribution < 1.29 is 0 Å². The molecule has 24 rings (SSSR count). The lowest BCUT2D eigenvalue weighted by Gasteiger charge is -2.30. The molecule has 0 saturated carbocycles. The minimum absolute atomic E-state index is 1.10. The van der Waals surface area contributed by atoms with Crippen LogP contribution in [-0.2, 0) is 0 Å². The van der Waals surface area contributed by atoms with Gasteiger partial charge in [0.25, 0.3) is 0 Å². The first-order valence-corrected chi connectivity index (χ1v) is 47.8. The molecule has 138 heavy (non-hydrogen) atoms. The minimum atomic E-state index is 1.10. The van der Waals surface area contributed by atoms with E-state index in [1.807, 2.05) is 0 Å². The fraction of sp³-hybridized carbons (Fsp3) is 0.0448. The number of anilines is 12. The van der Waals surface area contributed by atoms with Crippen LogP contribution in [0.1, 0.15) is 33.4 Å². The van der Waals surface area contributed by atoms with E-state index >= 15 is 0 Å². The Morgan fingerprint density at radius 2 is 0.275 bits per heavy atom. The van der Waals surface area contributed by atoms with Gasteiger partial charge in [-0.1, -0.05) is 385 Å². The fourth-order valence-electron chi connectivity index (χ4n) is 20.4. The Hall–Kier alpha value is -17.4. The largest absolute Gasteiger partial charge is 0.310 e. The van der Waals surface area contributed by atoms with Gasteiger partial charge >= 0.3 is 0 Å². The van der Waals surface area contributed by atoms with Crippen molar-refractivity contribution in [2.45, 2.75) is 41.5 Å². The standard InChI is InChI=1S/C68H52N2.C66H48N2/c1-45-15-23-51(24-16-45)57-39-55(49-11-7-5-8-12-49)41-61(43-57)69(59-31-19-47(3)20-32-59)65-37-29-53-28-36-64-66(38-30-54-27-35-63(65)67(53)68(54)64)70(60-33-21-48(4)22-34-60)62-42-56(50-13-9-6-10-14-50)40-58(44-62)52-25-17-46(2)18-26-52;1-45-23-27-49(28-24-45)55-39-53(47-15-7-3-8-16-47)41-59(43-55)67(57-19-11-5-12-20-57)63-37-33-51-32-36-62-64(38-34-52-31-35-61(63)65(51)66(52)62)68(58-21-13-6-14-22-58)60-42-54(48-17-9-4-10-18-48)40-56(44-60)50-29-25-46(2)26-30-50/h5-44H,1-4H3;3-44H,1-2H3. The molecule has 24 aromatic rings. The summed E-state index contributed by atoms with van der Waals surface area (Å²) in [6, 6.07) is 184. The Balaban J connectivity index is 0.000000155. The van der Waals surface area contributed by atoms with Crippen molar-refractivity contribution in [1.82, 2.24) is 0 Å². The zero-order chi connectivity index (χ0) is 92.9. The molecule has 0 bridgehead atoms. The lowest BCUT2D eigenvalue weighted by molar-refractivity contribution is 1.29. The Morgan fingerprint density at radius 3 is 0.471 bits per heavy atom. The van der Waals surface area contributed by atoms with Gasteiger partial charge in [0.1, 0.15) is 0 Å². The molecule has 0 aromatic heterocycles. The van der Waals surface area contributed by atoms with Gasteiger partial charge in [0.15, 0.2) is 0 Å². The van der Waals surface area contributed by atoms with E-state index in [0.717, 1.165) is 68.2 Å². The van der Waals surface area contributed by atoms with Crippen molar-refractivity contribution in [2.75, 3.05) is 19.6 Å². The van der Waals surface area contributed by atoms with E-state index in [2.05, 4.69) is 559 Å². The maximum Gasteiger partial charge on any atom is 0.0540 e. The molecule has 4 nitrogen and oxygen atoms in total. The van der Waals surface area contributed by atoms with Gasteiger partial charge in [-0.05, 0) is 319 Å². The highest BCUT2D eigenvalue weighted by atomic mass is 15.2. The SMILES string of the molecule is Cc1ccc(-c2cc(-c3ccccc3)cc(N(c3ccc(C)cc3)c3ccc4ccc5c(N(c6ccc(C)cc6)c6cc(-c7ccccc7)cc(-c7ccc(C)cc7)c6)ccc6ccc3c4c65)c2)cc1.Cc1ccc(-c2cc(-c3ccccc3)cc(N(c3ccccc3)c3ccc4ccc5c(N(c6ccccc6)c6cc(-c7ccccc7)cc(-c7ccc(C)cc7)c6)ccc6ccc3c4c65)c2)cc1. The Kier molecular flexibility index (Phi) is 22.4. The zero-order valence-electron chi connectivity index (χ0n) is 78.1. The third-order valence-corrected chi connectivity index (χ3v) is 27.5. The average Bonchev–Trinajstić information content (AvgIpc) is 0.720. The van der Waals surface area contributed by atoms with Crippen LogP contribution in [0.25, 0.3) is 154 Å². The van der Waals surface area contributed by atoms with Gasteiger partial charge in [0, 0.05) is 67.0 Å². The number of para-hydroxylation sites is 2. The second-order valence-electron chi connectivity index (χ2n) is 36.9. The molecule has 0 radical (unpaired) electrons. The Bertz CT molecular complexity index is 8040. The maximum atomic E-state index is 2.47. The van der Waals surface area contributed by atoms with Gasteiger partial charge in [-0.3, -0.25) is 0 Å². The van der Waals surface area contributed by atoms with Crippen LogP contribution in [0.3, 0.4) is 0 Å². The van der Waals surface area contributed by atoms with Crippen LogP contribution >= 0.6 is 0 Å². The van der Waals surface area contributed by atoms with E-state index < -0.39 is 0 Å². The predicted octanol–water partition coefficient (Wildman–Crippen LogP) is 38.2. The first-order valence-electron chi connectivity index (χ1n) is 47.8. The van der Waals surface area contributed by atoms with Crippen LogP contribution in [0.15, 0.2) is 497 Å². The van der Waals surface area contributed by atoms with Gasteiger partial charge in [0.2, 0.25) is 0 Å². The number of nitrogens with zero attached hydrogens (tertiary/aromatic N) is 4. The van der Waals surface area contributed by atoms with Gasteiger partial charge < -0.3 is 19.6 Å². The number of rotatable bonds is 20. The van der Waals surface area contributed by atoms with Crippen molar-refractivity contribution in [3.05, 3.63) is 531 Å². The molecule has 0 aliphatic heterocycles. The molecule has 24 aromatic carbocycles. The highest BCUT2D eigenvalue weighted by molar-refractivity contribution is 6.30. The van der Waals surface area contributed by atoms with E-state index in [0.29, 0.717) is 0 Å². The summed E-state index contributed by atoms with van der Waals surface area (Å²) in [5.41, 5.74) is 39.6. The van der Waals surface area contributed by atoms with Gasteiger partial charge in [0.05, 0.1) is 22.7 Å². The first kappa shape index (κ1) is 84.8. The van der Waals surface area contributed by atoms with Crippen LogP contribution < -0.4 is 19.6 Å². The third-order valence-electron chi connectivity index (χ3n) is 27.5. The highest BCUT2D eigenvalue weighted by Gasteiger charge is 2.28. The van der Waals surface area contributed by atoms with Crippen LogP contribution in [0.2, 0.25) is 0 Å². The monoisotopic (exact) mass is 1760 g/mol. The molecule has 0 unspecified atom stereocenters. The summed E-state index contributed by atoms with van der Waals surface area (Å²) in [6.45, 7) is 12.9. The molecule has 0 amide bonds. The summed E-state index contributed by atoms with van der Waals surface area (Å²) in [7, 11) is 0. The summed E-state index contributed by atoms with van der Waals surface area (Å²) in [6.07, 6.45) is 0. The summed E-state index contributed by atoms with van der Waals surface area (Å²) in [5, 5.41) is 14.7. The normalized spacial score (nSPS) is 11.4. The molecule has 4 heteroatoms. The molecular formula is C134H100N4. The number of hydrogen-bond donors (Lipinski definition) is 0. The summed E-state index contributed by atoms with van der Waals surface area (Å²) in [4.78, 5) is 9.84. The maximum absolute atomic E-state index is 2.47. The second kappa shape index (κ2) is 36.5. The summed E-state index contributed by atoms with van der Waals surface area (Å²) in [5.74, 6) is 0. The molecule has 0 aliphatic rings. The summed E-state index contributed by atoms with van der Waals surface area (Å²) < 4.78 is 0. The van der Waals surface area contributed by atoms with Crippen molar-refractivity contribution in [1.29, 1.82) is 0 Å². The number of hydrogen-bond acceptors (Lipinski definition) is 4. The zero-order valence-corrected chi connectivity index (χ0v) is 78.1. The van der Waals surface area contributed by atoms with E-state index in [-0.39, 0.29) is 0 Å². The predicted molar refractivity (Wildman–Crippen MR) is 591 cm³/mol. The number of aryl methyl sites for hydroxylation is 6. The molecule has 0 fully saturated rings. The topological polar surface area (TPSA) is 13.0 Å². The fourth-order valence-corrected chi connectivity index (χ4v) is 20.4. The molecule has 0 N–H and O–H groups in total. The molecule has 0 saturated heterocycles. The van der Waals surface area contributed by atoms with Crippen molar-refractivity contribution in [3.8, 4) is 89.0 Å². The van der Waals surface area contributed by atoms with Crippen molar-refractivity contribution >= 4 is 133 Å². The minimum Gasteiger partial charge on any atom is -0.310 e. The van der Waals surface area contributed by atoms with Crippen molar-refractivity contribution in [2.24, 2.45) is 0 Å². The molecule has 0 spiro atoms. The smallest absolute Gasteiger partial charge is 0.0540 e. The molecule has 656 valence electrons. The lowest BCUT2D eigenvalue weighted by Crippen LogP contribution is -2.12. The second-order valence-corrected chi connectivity index (χ2v) is 36.9. The average molecular weight is 1770 g/mol. The molecule has 0 heterocycles. The van der Waals surface area contributed by atoms with Gasteiger partial charge in [-0.25, -0.2) is 0 Å². The van der Waals surface area contributed by atoms with E-state index in [1.54, 1.807) is 0 Å². The number of benzene rings is 24. The summed E-state index contributed by atoms with van der Waals surface area (Å²) >= 11 is 0.